The molecule has 2 aliphatic heterocycles. The van der Waals surface area contributed by atoms with Crippen LogP contribution in [0.15, 0.2) is 24.7 Å². The molecule has 0 atom stereocenters. The summed E-state index contributed by atoms with van der Waals surface area (Å²) in [5.41, 5.74) is 2.24. The van der Waals surface area contributed by atoms with Crippen molar-refractivity contribution >= 4 is 23.6 Å². The zero-order chi connectivity index (χ0) is 22.5. The Bertz CT molecular complexity index is 1040. The number of nitrogens with zero attached hydrogens (tertiary/aromatic N) is 6. The smallest absolute Gasteiger partial charge is 0.416 e. The fraction of sp³-hybridized carbons (Fsp3) is 0.522. The van der Waals surface area contributed by atoms with Crippen LogP contribution in [-0.4, -0.2) is 70.2 Å². The van der Waals surface area contributed by atoms with Gasteiger partial charge in [-0.2, -0.15) is 0 Å². The minimum atomic E-state index is -0.571. The van der Waals surface area contributed by atoms with Gasteiger partial charge in [-0.1, -0.05) is 6.07 Å². The summed E-state index contributed by atoms with van der Waals surface area (Å²) >= 11 is 0. The zero-order valence-electron chi connectivity index (χ0n) is 18.7. The van der Waals surface area contributed by atoms with E-state index < -0.39 is 11.7 Å². The van der Waals surface area contributed by atoms with Crippen molar-refractivity contribution in [3.05, 3.63) is 41.5 Å². The topological polar surface area (TPSA) is 91.8 Å². The molecular weight excluding hydrogens is 408 g/mol. The molecule has 3 aliphatic rings. The first-order valence-electron chi connectivity index (χ1n) is 11.1. The number of pyridine rings is 1. The predicted octanol–water partition coefficient (Wildman–Crippen LogP) is 2.76. The number of aromatic nitrogens is 3. The summed E-state index contributed by atoms with van der Waals surface area (Å²) in [7, 11) is 0. The highest BCUT2D eigenvalue weighted by Crippen LogP contribution is 2.40. The second-order valence-corrected chi connectivity index (χ2v) is 9.44. The lowest BCUT2D eigenvalue weighted by atomic mass is 10.1. The summed E-state index contributed by atoms with van der Waals surface area (Å²) in [4.78, 5) is 43.7. The predicted molar refractivity (Wildman–Crippen MR) is 119 cm³/mol. The van der Waals surface area contributed by atoms with Gasteiger partial charge >= 0.3 is 6.09 Å². The first-order chi connectivity index (χ1) is 15.3. The van der Waals surface area contributed by atoms with E-state index in [0.717, 1.165) is 18.9 Å². The van der Waals surface area contributed by atoms with Crippen LogP contribution in [0.1, 0.15) is 54.2 Å². The fourth-order valence-corrected chi connectivity index (χ4v) is 4.36. The van der Waals surface area contributed by atoms with E-state index in [1.807, 2.05) is 20.0 Å². The molecule has 0 radical (unpaired) electrons. The van der Waals surface area contributed by atoms with Crippen molar-refractivity contribution in [2.75, 3.05) is 42.5 Å². The van der Waals surface area contributed by atoms with Crippen LogP contribution in [0.3, 0.4) is 0 Å². The van der Waals surface area contributed by atoms with E-state index in [-0.39, 0.29) is 11.6 Å². The number of piperazine rings is 1. The molecule has 2 saturated heterocycles. The molecule has 1 aliphatic carbocycles. The van der Waals surface area contributed by atoms with E-state index in [1.165, 1.54) is 41.3 Å². The summed E-state index contributed by atoms with van der Waals surface area (Å²) in [5, 5.41) is 0. The summed E-state index contributed by atoms with van der Waals surface area (Å²) in [6.07, 6.45) is 6.99. The molecule has 4 heterocycles. The minimum absolute atomic E-state index is 0.151. The van der Waals surface area contributed by atoms with Crippen LogP contribution < -0.4 is 9.80 Å². The summed E-state index contributed by atoms with van der Waals surface area (Å²) in [6, 6.07) is 2.26. The monoisotopic (exact) mass is 436 g/mol. The van der Waals surface area contributed by atoms with Crippen LogP contribution in [0.5, 0.6) is 0 Å². The van der Waals surface area contributed by atoms with E-state index in [1.54, 1.807) is 4.90 Å². The molecular formula is C23H28N6O3. The van der Waals surface area contributed by atoms with Gasteiger partial charge in [0.05, 0.1) is 18.9 Å². The second kappa shape index (κ2) is 7.72. The third-order valence-corrected chi connectivity index (χ3v) is 6.24. The van der Waals surface area contributed by atoms with Crippen LogP contribution in [0.4, 0.5) is 16.4 Å². The van der Waals surface area contributed by atoms with Gasteiger partial charge in [-0.3, -0.25) is 9.69 Å². The Hall–Kier alpha value is -3.23. The van der Waals surface area contributed by atoms with Gasteiger partial charge in [0.25, 0.3) is 5.91 Å². The lowest BCUT2D eigenvalue weighted by Gasteiger charge is -2.36. The highest BCUT2D eigenvalue weighted by molar-refractivity contribution is 5.93. The lowest BCUT2D eigenvalue weighted by Crippen LogP contribution is -2.49. The lowest BCUT2D eigenvalue weighted by molar-refractivity contribution is 0.0739. The molecule has 0 N–H and O–H groups in total. The summed E-state index contributed by atoms with van der Waals surface area (Å²) < 4.78 is 5.30. The number of carbonyl (C=O) groups is 2. The van der Waals surface area contributed by atoms with Crippen LogP contribution in [-0.2, 0) is 4.74 Å². The Morgan fingerprint density at radius 3 is 2.38 bits per heavy atom. The van der Waals surface area contributed by atoms with Crippen LogP contribution in [0.25, 0.3) is 0 Å². The number of hydrogen-bond donors (Lipinski definition) is 0. The van der Waals surface area contributed by atoms with E-state index in [4.69, 9.17) is 9.72 Å². The van der Waals surface area contributed by atoms with Gasteiger partial charge in [-0.25, -0.2) is 19.7 Å². The standard InChI is InChI=1S/C23H28N6O3/c1-15-10-17(16-4-5-16)11-26-20(15)27-6-8-28(9-7-27)21(30)18-12-25-19(13-24-18)29-14-23(2,3)32-22(29)31/h10-13,16H,4-9,14H2,1-3H3. The molecule has 5 rings (SSSR count). The number of ether oxygens (including phenoxy) is 1. The second-order valence-electron chi connectivity index (χ2n) is 9.44. The molecule has 168 valence electrons. The first kappa shape index (κ1) is 20.7. The van der Waals surface area contributed by atoms with Gasteiger partial charge in [0.2, 0.25) is 0 Å². The average Bonchev–Trinajstić information content (AvgIpc) is 3.58. The largest absolute Gasteiger partial charge is 0.441 e. The highest BCUT2D eigenvalue weighted by Gasteiger charge is 2.39. The summed E-state index contributed by atoms with van der Waals surface area (Å²) in [6.45, 7) is 8.83. The highest BCUT2D eigenvalue weighted by atomic mass is 16.6. The number of aryl methyl sites for hydroxylation is 1. The molecule has 9 nitrogen and oxygen atoms in total. The number of hydrogen-bond acceptors (Lipinski definition) is 7. The molecule has 1 saturated carbocycles. The molecule has 9 heteroatoms. The van der Waals surface area contributed by atoms with Crippen molar-refractivity contribution in [3.8, 4) is 0 Å². The third kappa shape index (κ3) is 3.99. The van der Waals surface area contributed by atoms with E-state index in [0.29, 0.717) is 31.4 Å². The quantitative estimate of drug-likeness (QED) is 0.728. The molecule has 2 aromatic heterocycles. The van der Waals surface area contributed by atoms with E-state index in [2.05, 4.69) is 27.9 Å². The Balaban J connectivity index is 1.21. The Kier molecular flexibility index (Phi) is 4.98. The normalized spacial score (nSPS) is 20.5. The number of amides is 2. The molecule has 0 unspecified atom stereocenters. The van der Waals surface area contributed by atoms with Crippen molar-refractivity contribution < 1.29 is 14.3 Å². The third-order valence-electron chi connectivity index (χ3n) is 6.24. The Morgan fingerprint density at radius 2 is 1.81 bits per heavy atom. The van der Waals surface area contributed by atoms with Gasteiger partial charge in [-0.15, -0.1) is 0 Å². The minimum Gasteiger partial charge on any atom is -0.441 e. The molecule has 0 aromatic carbocycles. The van der Waals surface area contributed by atoms with Gasteiger partial charge in [0, 0.05) is 32.4 Å². The van der Waals surface area contributed by atoms with Crippen LogP contribution in [0.2, 0.25) is 0 Å². The maximum Gasteiger partial charge on any atom is 0.416 e. The molecule has 32 heavy (non-hydrogen) atoms. The molecule has 2 amide bonds. The molecule has 3 fully saturated rings. The van der Waals surface area contributed by atoms with Gasteiger partial charge in [0.15, 0.2) is 5.82 Å². The number of cyclic esters (lactones) is 1. The van der Waals surface area contributed by atoms with Crippen LogP contribution in [0, 0.1) is 6.92 Å². The first-order valence-corrected chi connectivity index (χ1v) is 11.1. The summed E-state index contributed by atoms with van der Waals surface area (Å²) in [5.74, 6) is 1.94. The Labute approximate surface area is 187 Å². The van der Waals surface area contributed by atoms with Crippen molar-refractivity contribution in [3.63, 3.8) is 0 Å². The fourth-order valence-electron chi connectivity index (χ4n) is 4.36. The average molecular weight is 437 g/mol. The van der Waals surface area contributed by atoms with Crippen molar-refractivity contribution in [1.29, 1.82) is 0 Å². The number of carbonyl (C=O) groups excluding carboxylic acids is 2. The maximum atomic E-state index is 12.9. The Morgan fingerprint density at radius 1 is 1.06 bits per heavy atom. The van der Waals surface area contributed by atoms with Gasteiger partial charge < -0.3 is 14.5 Å². The molecule has 2 aromatic rings. The van der Waals surface area contributed by atoms with Crippen LogP contribution >= 0.6 is 0 Å². The van der Waals surface area contributed by atoms with Crippen molar-refractivity contribution in [2.24, 2.45) is 0 Å². The maximum absolute atomic E-state index is 12.9. The molecule has 0 bridgehead atoms. The van der Waals surface area contributed by atoms with E-state index in [9.17, 15) is 9.59 Å². The van der Waals surface area contributed by atoms with E-state index >= 15 is 0 Å². The van der Waals surface area contributed by atoms with Crippen molar-refractivity contribution in [2.45, 2.75) is 45.1 Å². The number of rotatable bonds is 4. The van der Waals surface area contributed by atoms with Crippen molar-refractivity contribution in [1.82, 2.24) is 19.9 Å². The zero-order valence-corrected chi connectivity index (χ0v) is 18.7. The van der Waals surface area contributed by atoms with Gasteiger partial charge in [0.1, 0.15) is 17.1 Å². The van der Waals surface area contributed by atoms with Gasteiger partial charge in [-0.05, 0) is 50.7 Å². The number of anilines is 2. The SMILES string of the molecule is Cc1cc(C2CC2)cnc1N1CCN(C(=O)c2cnc(N3CC(C)(C)OC3=O)cn2)CC1. The molecule has 0 spiro atoms.